The molecule has 1 atom stereocenters. The number of methoxy groups -OCH3 is 3. The number of hydrogen-bond donors (Lipinski definition) is 1. The van der Waals surface area contributed by atoms with Crippen molar-refractivity contribution in [2.75, 3.05) is 21.3 Å². The van der Waals surface area contributed by atoms with Gasteiger partial charge in [-0.2, -0.15) is 0 Å². The summed E-state index contributed by atoms with van der Waals surface area (Å²) in [6, 6.07) is 13.3. The molecule has 6 nitrogen and oxygen atoms in total. The molecule has 0 aliphatic rings. The van der Waals surface area contributed by atoms with Gasteiger partial charge in [-0.05, 0) is 39.2 Å². The van der Waals surface area contributed by atoms with E-state index < -0.39 is 11.7 Å². The summed E-state index contributed by atoms with van der Waals surface area (Å²) >= 11 is 0. The molecule has 2 rings (SSSR count). The minimum absolute atomic E-state index is 0.374. The van der Waals surface area contributed by atoms with Gasteiger partial charge in [-0.25, -0.2) is 4.79 Å². The van der Waals surface area contributed by atoms with Crippen LogP contribution >= 0.6 is 0 Å². The van der Waals surface area contributed by atoms with Gasteiger partial charge in [0, 0.05) is 12.1 Å². The number of nitrogens with one attached hydrogen (secondary N) is 1. The Labute approximate surface area is 173 Å². The summed E-state index contributed by atoms with van der Waals surface area (Å²) in [6.45, 7) is 5.50. The predicted molar refractivity (Wildman–Crippen MR) is 113 cm³/mol. The van der Waals surface area contributed by atoms with Crippen molar-refractivity contribution < 1.29 is 23.7 Å². The Hall–Kier alpha value is -2.89. The highest BCUT2D eigenvalue weighted by Crippen LogP contribution is 2.40. The van der Waals surface area contributed by atoms with Crippen LogP contribution in [-0.4, -0.2) is 33.0 Å². The first-order chi connectivity index (χ1) is 13.8. The van der Waals surface area contributed by atoms with E-state index in [1.807, 2.05) is 39.0 Å². The molecule has 2 aromatic carbocycles. The van der Waals surface area contributed by atoms with Crippen LogP contribution in [0.1, 0.15) is 44.4 Å². The SMILES string of the molecule is COc1cc(OC)c(C(CCc2ccccc2)NC(=O)OC(C)(C)C)c(OC)c1. The maximum atomic E-state index is 12.5. The maximum Gasteiger partial charge on any atom is 0.408 e. The van der Waals surface area contributed by atoms with Crippen molar-refractivity contribution in [3.8, 4) is 17.2 Å². The van der Waals surface area contributed by atoms with Gasteiger partial charge < -0.3 is 24.3 Å². The van der Waals surface area contributed by atoms with Gasteiger partial charge in [0.05, 0.1) is 32.9 Å². The van der Waals surface area contributed by atoms with Crippen LogP contribution in [0.5, 0.6) is 17.2 Å². The summed E-state index contributed by atoms with van der Waals surface area (Å²) in [7, 11) is 4.75. The molecule has 1 amide bonds. The Bertz CT molecular complexity index is 774. The van der Waals surface area contributed by atoms with Crippen molar-refractivity contribution in [3.63, 3.8) is 0 Å². The lowest BCUT2D eigenvalue weighted by atomic mass is 9.97. The maximum absolute atomic E-state index is 12.5. The number of rotatable bonds is 8. The number of aryl methyl sites for hydroxylation is 1. The first kappa shape index (κ1) is 22.4. The van der Waals surface area contributed by atoms with Crippen molar-refractivity contribution in [2.45, 2.75) is 45.3 Å². The Kier molecular flexibility index (Phi) is 7.76. The summed E-state index contributed by atoms with van der Waals surface area (Å²) < 4.78 is 22.0. The molecule has 0 aromatic heterocycles. The van der Waals surface area contributed by atoms with Crippen molar-refractivity contribution in [1.82, 2.24) is 5.32 Å². The van der Waals surface area contributed by atoms with Crippen LogP contribution in [0.2, 0.25) is 0 Å². The monoisotopic (exact) mass is 401 g/mol. The van der Waals surface area contributed by atoms with Crippen LogP contribution in [-0.2, 0) is 11.2 Å². The zero-order chi connectivity index (χ0) is 21.4. The smallest absolute Gasteiger partial charge is 0.408 e. The van der Waals surface area contributed by atoms with E-state index in [9.17, 15) is 4.79 Å². The highest BCUT2D eigenvalue weighted by Gasteiger charge is 2.26. The zero-order valence-corrected chi connectivity index (χ0v) is 18.1. The molecule has 0 fully saturated rings. The number of benzene rings is 2. The summed E-state index contributed by atoms with van der Waals surface area (Å²) in [6.07, 6.45) is 0.914. The molecule has 1 unspecified atom stereocenters. The van der Waals surface area contributed by atoms with Gasteiger partial charge in [-0.1, -0.05) is 30.3 Å². The zero-order valence-electron chi connectivity index (χ0n) is 18.1. The third kappa shape index (κ3) is 6.59. The number of carbonyl (C=O) groups is 1. The van der Waals surface area contributed by atoms with Gasteiger partial charge in [0.2, 0.25) is 0 Å². The highest BCUT2D eigenvalue weighted by molar-refractivity contribution is 5.69. The normalized spacial score (nSPS) is 12.1. The number of ether oxygens (including phenoxy) is 4. The molecule has 0 spiro atoms. The second-order valence-electron chi connectivity index (χ2n) is 7.67. The summed E-state index contributed by atoms with van der Waals surface area (Å²) in [5, 5.41) is 2.99. The van der Waals surface area contributed by atoms with Crippen molar-refractivity contribution in [2.24, 2.45) is 0 Å². The van der Waals surface area contributed by atoms with E-state index in [-0.39, 0.29) is 6.04 Å². The lowest BCUT2D eigenvalue weighted by molar-refractivity contribution is 0.0500. The lowest BCUT2D eigenvalue weighted by Gasteiger charge is -2.26. The average Bonchev–Trinajstić information content (AvgIpc) is 2.69. The average molecular weight is 402 g/mol. The van der Waals surface area contributed by atoms with E-state index in [4.69, 9.17) is 18.9 Å². The third-order valence-electron chi connectivity index (χ3n) is 4.36. The van der Waals surface area contributed by atoms with Crippen LogP contribution in [0.3, 0.4) is 0 Å². The van der Waals surface area contributed by atoms with Gasteiger partial charge in [0.25, 0.3) is 0 Å². The van der Waals surface area contributed by atoms with Gasteiger partial charge in [0.1, 0.15) is 22.8 Å². The number of alkyl carbamates (subject to hydrolysis) is 1. The van der Waals surface area contributed by atoms with Crippen LogP contribution in [0.4, 0.5) is 4.79 Å². The van der Waals surface area contributed by atoms with E-state index in [0.29, 0.717) is 23.7 Å². The molecule has 0 aliphatic heterocycles. The van der Waals surface area contributed by atoms with Crippen LogP contribution in [0, 0.1) is 0 Å². The van der Waals surface area contributed by atoms with Crippen LogP contribution in [0.15, 0.2) is 42.5 Å². The second-order valence-corrected chi connectivity index (χ2v) is 7.67. The fourth-order valence-electron chi connectivity index (χ4n) is 3.07. The summed E-state index contributed by atoms with van der Waals surface area (Å²) in [5.41, 5.74) is 1.33. The standard InChI is InChI=1S/C23H31NO5/c1-23(2,3)29-22(25)24-18(13-12-16-10-8-7-9-11-16)21-19(27-5)14-17(26-4)15-20(21)28-6/h7-11,14-15,18H,12-13H2,1-6H3,(H,24,25). The predicted octanol–water partition coefficient (Wildman–Crippen LogP) is 4.91. The largest absolute Gasteiger partial charge is 0.496 e. The van der Waals surface area contributed by atoms with E-state index in [0.717, 1.165) is 12.0 Å². The Morgan fingerprint density at radius 3 is 2.03 bits per heavy atom. The number of hydrogen-bond acceptors (Lipinski definition) is 5. The van der Waals surface area contributed by atoms with Crippen LogP contribution in [0.25, 0.3) is 0 Å². The minimum atomic E-state index is -0.595. The van der Waals surface area contributed by atoms with Gasteiger partial charge in [-0.15, -0.1) is 0 Å². The molecule has 0 saturated heterocycles. The first-order valence-corrected chi connectivity index (χ1v) is 9.60. The van der Waals surface area contributed by atoms with E-state index in [2.05, 4.69) is 17.4 Å². The van der Waals surface area contributed by atoms with Crippen molar-refractivity contribution in [3.05, 3.63) is 53.6 Å². The second kappa shape index (κ2) is 10.0. The van der Waals surface area contributed by atoms with E-state index in [1.54, 1.807) is 33.5 Å². The van der Waals surface area contributed by atoms with E-state index >= 15 is 0 Å². The molecule has 0 bridgehead atoms. The van der Waals surface area contributed by atoms with Gasteiger partial charge in [-0.3, -0.25) is 0 Å². The first-order valence-electron chi connectivity index (χ1n) is 9.60. The molecule has 29 heavy (non-hydrogen) atoms. The Morgan fingerprint density at radius 2 is 1.55 bits per heavy atom. The van der Waals surface area contributed by atoms with Gasteiger partial charge in [0.15, 0.2) is 0 Å². The third-order valence-corrected chi connectivity index (χ3v) is 4.36. The van der Waals surface area contributed by atoms with Crippen molar-refractivity contribution >= 4 is 6.09 Å². The topological polar surface area (TPSA) is 66.0 Å². The molecule has 0 radical (unpaired) electrons. The van der Waals surface area contributed by atoms with Gasteiger partial charge >= 0.3 is 6.09 Å². The highest BCUT2D eigenvalue weighted by atomic mass is 16.6. The number of amides is 1. The molecule has 0 saturated carbocycles. The molecule has 2 aromatic rings. The molecular formula is C23H31NO5. The lowest BCUT2D eigenvalue weighted by Crippen LogP contribution is -2.35. The molecule has 0 heterocycles. The van der Waals surface area contributed by atoms with Crippen LogP contribution < -0.4 is 19.5 Å². The van der Waals surface area contributed by atoms with Crippen molar-refractivity contribution in [1.29, 1.82) is 0 Å². The fourth-order valence-corrected chi connectivity index (χ4v) is 3.07. The fraction of sp³-hybridized carbons (Fsp3) is 0.435. The molecule has 6 heteroatoms. The summed E-state index contributed by atoms with van der Waals surface area (Å²) in [5.74, 6) is 1.77. The quantitative estimate of drug-likeness (QED) is 0.681. The Morgan fingerprint density at radius 1 is 0.966 bits per heavy atom. The minimum Gasteiger partial charge on any atom is -0.496 e. The Balaban J connectivity index is 2.38. The molecule has 1 N–H and O–H groups in total. The number of carbonyl (C=O) groups excluding carboxylic acids is 1. The summed E-state index contributed by atoms with van der Waals surface area (Å²) in [4.78, 5) is 12.5. The molecule has 158 valence electrons. The molecular weight excluding hydrogens is 370 g/mol. The molecule has 0 aliphatic carbocycles. The van der Waals surface area contributed by atoms with E-state index in [1.165, 1.54) is 5.56 Å².